The summed E-state index contributed by atoms with van der Waals surface area (Å²) in [6.07, 6.45) is 0. The third kappa shape index (κ3) is 2.53. The smallest absolute Gasteiger partial charge is 0.261 e. The highest BCUT2D eigenvalue weighted by Crippen LogP contribution is 2.13. The van der Waals surface area contributed by atoms with Crippen LogP contribution in [0.2, 0.25) is 0 Å². The van der Waals surface area contributed by atoms with Crippen LogP contribution < -0.4 is 5.32 Å². The molecule has 0 radical (unpaired) electrons. The minimum absolute atomic E-state index is 0.0747. The van der Waals surface area contributed by atoms with Crippen molar-refractivity contribution in [3.8, 4) is 0 Å². The molecule has 1 amide bonds. The molecule has 3 aromatic rings. The molecular weight excluding hydrogens is 270 g/mol. The molecule has 4 nitrogen and oxygen atoms in total. The minimum Gasteiger partial charge on any atom is -0.346 e. The summed E-state index contributed by atoms with van der Waals surface area (Å²) in [7, 11) is 0. The van der Waals surface area contributed by atoms with Gasteiger partial charge in [-0.3, -0.25) is 4.79 Å². The largest absolute Gasteiger partial charge is 0.346 e. The van der Waals surface area contributed by atoms with Crippen molar-refractivity contribution in [2.75, 3.05) is 0 Å². The van der Waals surface area contributed by atoms with Gasteiger partial charge in [-0.15, -0.1) is 11.3 Å². The molecule has 100 valence electrons. The Bertz CT molecular complexity index is 753. The van der Waals surface area contributed by atoms with Crippen LogP contribution in [0.25, 0.3) is 11.0 Å². The van der Waals surface area contributed by atoms with Crippen LogP contribution in [0, 0.1) is 6.92 Å². The Morgan fingerprint density at radius 3 is 2.60 bits per heavy atom. The average molecular weight is 283 g/mol. The number of thiophene rings is 1. The maximum atomic E-state index is 11.9. The van der Waals surface area contributed by atoms with Crippen molar-refractivity contribution in [3.63, 3.8) is 0 Å². The number of carbonyl (C=O) groups is 1. The number of rotatable bonds is 3. The molecule has 0 aliphatic heterocycles. The second-order valence-electron chi connectivity index (χ2n) is 4.40. The molecule has 1 N–H and O–H groups in total. The van der Waals surface area contributed by atoms with Crippen LogP contribution in [0.1, 0.15) is 21.1 Å². The molecule has 0 atom stereocenters. The first-order chi connectivity index (χ1) is 9.74. The quantitative estimate of drug-likeness (QED) is 0.804. The summed E-state index contributed by atoms with van der Waals surface area (Å²) in [6.45, 7) is 2.30. The molecule has 0 aliphatic carbocycles. The molecule has 3 rings (SSSR count). The minimum atomic E-state index is -0.0747. The summed E-state index contributed by atoms with van der Waals surface area (Å²) in [5.41, 5.74) is 3.36. The summed E-state index contributed by atoms with van der Waals surface area (Å²) in [5, 5.41) is 4.76. The molecule has 5 heteroatoms. The van der Waals surface area contributed by atoms with E-state index in [1.54, 1.807) is 6.07 Å². The number of fused-ring (bicyclic) bond motifs is 1. The summed E-state index contributed by atoms with van der Waals surface area (Å²) in [5.74, 6) is -0.0747. The summed E-state index contributed by atoms with van der Waals surface area (Å²) < 4.78 is 0. The number of benzene rings is 1. The zero-order valence-corrected chi connectivity index (χ0v) is 11.8. The number of nitrogens with zero attached hydrogens (tertiary/aromatic N) is 2. The molecule has 2 aromatic heterocycles. The second kappa shape index (κ2) is 5.38. The van der Waals surface area contributed by atoms with E-state index in [1.807, 2.05) is 42.6 Å². The topological polar surface area (TPSA) is 54.9 Å². The van der Waals surface area contributed by atoms with Crippen LogP contribution in [0.4, 0.5) is 0 Å². The molecule has 0 unspecified atom stereocenters. The van der Waals surface area contributed by atoms with Gasteiger partial charge >= 0.3 is 0 Å². The van der Waals surface area contributed by atoms with Gasteiger partial charge < -0.3 is 5.32 Å². The Morgan fingerprint density at radius 1 is 1.15 bits per heavy atom. The Balaban J connectivity index is 1.80. The summed E-state index contributed by atoms with van der Waals surface area (Å²) in [4.78, 5) is 21.7. The van der Waals surface area contributed by atoms with Crippen LogP contribution in [0.5, 0.6) is 0 Å². The Morgan fingerprint density at radius 2 is 1.90 bits per heavy atom. The lowest BCUT2D eigenvalue weighted by atomic mass is 10.2. The number of aryl methyl sites for hydroxylation is 1. The third-order valence-electron chi connectivity index (χ3n) is 3.00. The van der Waals surface area contributed by atoms with E-state index in [0.29, 0.717) is 11.4 Å². The van der Waals surface area contributed by atoms with E-state index in [2.05, 4.69) is 15.3 Å². The normalized spacial score (nSPS) is 10.7. The van der Waals surface area contributed by atoms with E-state index < -0.39 is 0 Å². The standard InChI is InChI=1S/C15H13N3OS/c1-10-13(9-16-15(19)14-7-4-8-20-14)18-12-6-3-2-5-11(12)17-10/h2-8H,9H2,1H3,(H,16,19). The number of para-hydroxylation sites is 2. The zero-order chi connectivity index (χ0) is 13.9. The highest BCUT2D eigenvalue weighted by atomic mass is 32.1. The van der Waals surface area contributed by atoms with Crippen molar-refractivity contribution in [1.29, 1.82) is 0 Å². The Kier molecular flexibility index (Phi) is 3.43. The van der Waals surface area contributed by atoms with Crippen molar-refractivity contribution >= 4 is 28.3 Å². The van der Waals surface area contributed by atoms with Crippen molar-refractivity contribution in [2.45, 2.75) is 13.5 Å². The number of aromatic nitrogens is 2. The first kappa shape index (κ1) is 12.7. The number of carbonyl (C=O) groups excluding carboxylic acids is 1. The van der Waals surface area contributed by atoms with E-state index in [4.69, 9.17) is 0 Å². The van der Waals surface area contributed by atoms with E-state index in [0.717, 1.165) is 22.4 Å². The van der Waals surface area contributed by atoms with Gasteiger partial charge in [-0.2, -0.15) is 0 Å². The van der Waals surface area contributed by atoms with E-state index >= 15 is 0 Å². The van der Waals surface area contributed by atoms with Crippen molar-refractivity contribution in [1.82, 2.24) is 15.3 Å². The van der Waals surface area contributed by atoms with Gasteiger partial charge in [0.1, 0.15) is 0 Å². The number of nitrogens with one attached hydrogen (secondary N) is 1. The van der Waals surface area contributed by atoms with Gasteiger partial charge in [0.05, 0.1) is 33.8 Å². The van der Waals surface area contributed by atoms with Gasteiger partial charge in [0, 0.05) is 0 Å². The highest BCUT2D eigenvalue weighted by Gasteiger charge is 2.09. The predicted octanol–water partition coefficient (Wildman–Crippen LogP) is 2.93. The lowest BCUT2D eigenvalue weighted by Gasteiger charge is -2.07. The van der Waals surface area contributed by atoms with Gasteiger partial charge in [0.15, 0.2) is 0 Å². The first-order valence-electron chi connectivity index (χ1n) is 6.28. The van der Waals surface area contributed by atoms with Gasteiger partial charge in [-0.1, -0.05) is 18.2 Å². The second-order valence-corrected chi connectivity index (χ2v) is 5.35. The molecule has 1 aromatic carbocycles. The van der Waals surface area contributed by atoms with Crippen molar-refractivity contribution < 1.29 is 4.79 Å². The molecule has 2 heterocycles. The molecule has 0 saturated carbocycles. The van der Waals surface area contributed by atoms with Gasteiger partial charge in [0.25, 0.3) is 5.91 Å². The fourth-order valence-electron chi connectivity index (χ4n) is 1.95. The van der Waals surface area contributed by atoms with Crippen LogP contribution in [0.3, 0.4) is 0 Å². The van der Waals surface area contributed by atoms with Crippen LogP contribution in [-0.2, 0) is 6.54 Å². The number of amides is 1. The average Bonchev–Trinajstić information content (AvgIpc) is 2.99. The van der Waals surface area contributed by atoms with E-state index in [-0.39, 0.29) is 5.91 Å². The summed E-state index contributed by atoms with van der Waals surface area (Å²) >= 11 is 1.42. The molecule has 0 spiro atoms. The Hall–Kier alpha value is -2.27. The summed E-state index contributed by atoms with van der Waals surface area (Å²) in [6, 6.07) is 11.4. The van der Waals surface area contributed by atoms with Crippen molar-refractivity contribution in [3.05, 3.63) is 58.0 Å². The zero-order valence-electron chi connectivity index (χ0n) is 11.0. The lowest BCUT2D eigenvalue weighted by molar-refractivity contribution is 0.0954. The van der Waals surface area contributed by atoms with E-state index in [1.165, 1.54) is 11.3 Å². The van der Waals surface area contributed by atoms with Gasteiger partial charge in [-0.05, 0) is 30.5 Å². The Labute approximate surface area is 120 Å². The fraction of sp³-hybridized carbons (Fsp3) is 0.133. The number of hydrogen-bond donors (Lipinski definition) is 1. The molecule has 0 bridgehead atoms. The first-order valence-corrected chi connectivity index (χ1v) is 7.16. The highest BCUT2D eigenvalue weighted by molar-refractivity contribution is 7.12. The number of hydrogen-bond acceptors (Lipinski definition) is 4. The maximum absolute atomic E-state index is 11.9. The van der Waals surface area contributed by atoms with Crippen LogP contribution >= 0.6 is 11.3 Å². The lowest BCUT2D eigenvalue weighted by Crippen LogP contribution is -2.23. The van der Waals surface area contributed by atoms with Gasteiger partial charge in [-0.25, -0.2) is 9.97 Å². The third-order valence-corrected chi connectivity index (χ3v) is 3.87. The monoisotopic (exact) mass is 283 g/mol. The van der Waals surface area contributed by atoms with Crippen molar-refractivity contribution in [2.24, 2.45) is 0 Å². The molecular formula is C15H13N3OS. The predicted molar refractivity (Wildman–Crippen MR) is 79.8 cm³/mol. The fourth-order valence-corrected chi connectivity index (χ4v) is 2.59. The molecule has 20 heavy (non-hydrogen) atoms. The molecule has 0 fully saturated rings. The van der Waals surface area contributed by atoms with Crippen LogP contribution in [0.15, 0.2) is 41.8 Å². The van der Waals surface area contributed by atoms with Crippen LogP contribution in [-0.4, -0.2) is 15.9 Å². The molecule has 0 saturated heterocycles. The maximum Gasteiger partial charge on any atom is 0.261 e. The molecule has 0 aliphatic rings. The van der Waals surface area contributed by atoms with E-state index in [9.17, 15) is 4.79 Å². The van der Waals surface area contributed by atoms with Gasteiger partial charge in [0.2, 0.25) is 0 Å². The SMILES string of the molecule is Cc1nc2ccccc2nc1CNC(=O)c1cccs1.